The summed E-state index contributed by atoms with van der Waals surface area (Å²) < 4.78 is 4.54. The smallest absolute Gasteiger partial charge is 0.407 e. The van der Waals surface area contributed by atoms with Crippen molar-refractivity contribution >= 4 is 12.0 Å². The van der Waals surface area contributed by atoms with E-state index in [1.54, 1.807) is 6.92 Å². The minimum Gasteiger partial charge on any atom is -0.453 e. The van der Waals surface area contributed by atoms with Crippen LogP contribution in [0.3, 0.4) is 0 Å². The van der Waals surface area contributed by atoms with E-state index in [1.807, 2.05) is 4.90 Å². The molecule has 2 amide bonds. The van der Waals surface area contributed by atoms with Gasteiger partial charge < -0.3 is 19.9 Å². The van der Waals surface area contributed by atoms with E-state index >= 15 is 0 Å². The van der Waals surface area contributed by atoms with Crippen molar-refractivity contribution in [1.29, 1.82) is 0 Å². The Bertz CT molecular complexity index is 373. The number of carbonyl (C=O) groups excluding carboxylic acids is 2. The summed E-state index contributed by atoms with van der Waals surface area (Å²) in [4.78, 5) is 28.0. The lowest BCUT2D eigenvalue weighted by atomic mass is 10.0. The van der Waals surface area contributed by atoms with Crippen molar-refractivity contribution in [2.75, 3.05) is 33.3 Å². The zero-order chi connectivity index (χ0) is 15.9. The predicted octanol–water partition coefficient (Wildman–Crippen LogP) is 1.60. The van der Waals surface area contributed by atoms with Crippen LogP contribution in [0.15, 0.2) is 0 Å². The molecule has 1 unspecified atom stereocenters. The molecule has 0 aromatic rings. The van der Waals surface area contributed by atoms with E-state index in [1.165, 1.54) is 45.9 Å². The summed E-state index contributed by atoms with van der Waals surface area (Å²) in [6.07, 6.45) is 6.83. The molecule has 2 aliphatic rings. The highest BCUT2D eigenvalue weighted by Crippen LogP contribution is 2.21. The molecule has 1 N–H and O–H groups in total. The maximum Gasteiger partial charge on any atom is 0.407 e. The van der Waals surface area contributed by atoms with Gasteiger partial charge in [-0.2, -0.15) is 0 Å². The summed E-state index contributed by atoms with van der Waals surface area (Å²) in [6.45, 7) is 5.69. The number of hydrogen-bond acceptors (Lipinski definition) is 4. The van der Waals surface area contributed by atoms with Crippen molar-refractivity contribution in [3.63, 3.8) is 0 Å². The van der Waals surface area contributed by atoms with Gasteiger partial charge in [-0.25, -0.2) is 4.79 Å². The molecule has 0 saturated carbocycles. The lowest BCUT2D eigenvalue weighted by Gasteiger charge is -2.39. The molecular weight excluding hydrogens is 282 g/mol. The first-order valence-corrected chi connectivity index (χ1v) is 8.49. The third kappa shape index (κ3) is 4.60. The zero-order valence-corrected chi connectivity index (χ0v) is 13.8. The summed E-state index contributed by atoms with van der Waals surface area (Å²) in [5.74, 6) is -0.0142. The van der Waals surface area contributed by atoms with Gasteiger partial charge in [-0.05, 0) is 45.7 Å². The number of rotatable bonds is 3. The standard InChI is InChI=1S/C16H29N3O3/c1-13(17-16(21)22-2)15(20)19-11-7-14(8-12-19)18-9-5-3-4-6-10-18/h13-14H,3-12H2,1-2H3,(H,17,21). The molecule has 2 rings (SSSR count). The topological polar surface area (TPSA) is 61.9 Å². The van der Waals surface area contributed by atoms with E-state index in [4.69, 9.17) is 0 Å². The first-order chi connectivity index (χ1) is 10.6. The monoisotopic (exact) mass is 311 g/mol. The van der Waals surface area contributed by atoms with Crippen LogP contribution in [0, 0.1) is 0 Å². The Morgan fingerprint density at radius 3 is 2.18 bits per heavy atom. The number of hydrogen-bond donors (Lipinski definition) is 1. The van der Waals surface area contributed by atoms with Crippen molar-refractivity contribution in [3.8, 4) is 0 Å². The molecule has 0 bridgehead atoms. The van der Waals surface area contributed by atoms with Gasteiger partial charge in [0.15, 0.2) is 0 Å². The van der Waals surface area contributed by atoms with Crippen LogP contribution in [-0.2, 0) is 9.53 Å². The Labute approximate surface area is 133 Å². The number of nitrogens with zero attached hydrogens (tertiary/aromatic N) is 2. The molecule has 6 nitrogen and oxygen atoms in total. The molecule has 2 heterocycles. The Balaban J connectivity index is 1.78. The van der Waals surface area contributed by atoms with Crippen LogP contribution >= 0.6 is 0 Å². The molecule has 0 radical (unpaired) electrons. The SMILES string of the molecule is COC(=O)NC(C)C(=O)N1CCC(N2CCCCCC2)CC1. The van der Waals surface area contributed by atoms with Crippen molar-refractivity contribution in [2.45, 2.75) is 57.5 Å². The molecule has 22 heavy (non-hydrogen) atoms. The van der Waals surface area contributed by atoms with E-state index in [9.17, 15) is 9.59 Å². The zero-order valence-electron chi connectivity index (χ0n) is 13.8. The van der Waals surface area contributed by atoms with Gasteiger partial charge in [0, 0.05) is 19.1 Å². The average Bonchev–Trinajstić information content (AvgIpc) is 2.83. The second-order valence-electron chi connectivity index (χ2n) is 6.36. The van der Waals surface area contributed by atoms with Gasteiger partial charge in [0.25, 0.3) is 0 Å². The van der Waals surface area contributed by atoms with Crippen LogP contribution in [0.4, 0.5) is 4.79 Å². The van der Waals surface area contributed by atoms with Gasteiger partial charge in [0.05, 0.1) is 7.11 Å². The molecule has 2 saturated heterocycles. The van der Waals surface area contributed by atoms with Crippen LogP contribution in [0.2, 0.25) is 0 Å². The Morgan fingerprint density at radius 1 is 1.05 bits per heavy atom. The van der Waals surface area contributed by atoms with E-state index < -0.39 is 12.1 Å². The Morgan fingerprint density at radius 2 is 1.64 bits per heavy atom. The molecule has 1 atom stereocenters. The highest BCUT2D eigenvalue weighted by Gasteiger charge is 2.29. The number of alkyl carbamates (subject to hydrolysis) is 1. The number of ether oxygens (including phenoxy) is 1. The van der Waals surface area contributed by atoms with Crippen LogP contribution in [0.1, 0.15) is 45.4 Å². The summed E-state index contributed by atoms with van der Waals surface area (Å²) in [6, 6.07) is 0.0909. The summed E-state index contributed by atoms with van der Waals surface area (Å²) in [5, 5.41) is 2.55. The molecule has 126 valence electrons. The van der Waals surface area contributed by atoms with Gasteiger partial charge >= 0.3 is 6.09 Å². The van der Waals surface area contributed by atoms with E-state index in [-0.39, 0.29) is 5.91 Å². The van der Waals surface area contributed by atoms with Crippen molar-refractivity contribution in [3.05, 3.63) is 0 Å². The normalized spacial score (nSPS) is 22.7. The molecule has 0 aromatic heterocycles. The van der Waals surface area contributed by atoms with Crippen LogP contribution < -0.4 is 5.32 Å². The fourth-order valence-electron chi connectivity index (χ4n) is 3.48. The van der Waals surface area contributed by atoms with Gasteiger partial charge in [-0.1, -0.05) is 12.8 Å². The fraction of sp³-hybridized carbons (Fsp3) is 0.875. The number of nitrogens with one attached hydrogen (secondary N) is 1. The molecule has 2 fully saturated rings. The van der Waals surface area contributed by atoms with Gasteiger partial charge in [-0.3, -0.25) is 4.79 Å². The van der Waals surface area contributed by atoms with E-state index in [0.29, 0.717) is 6.04 Å². The molecule has 6 heteroatoms. The maximum atomic E-state index is 12.3. The summed E-state index contributed by atoms with van der Waals surface area (Å²) >= 11 is 0. The van der Waals surface area contributed by atoms with E-state index in [2.05, 4.69) is 15.0 Å². The third-order valence-electron chi connectivity index (χ3n) is 4.82. The lowest BCUT2D eigenvalue weighted by Crippen LogP contribution is -2.52. The largest absolute Gasteiger partial charge is 0.453 e. The highest BCUT2D eigenvalue weighted by atomic mass is 16.5. The second-order valence-corrected chi connectivity index (χ2v) is 6.36. The molecular formula is C16H29N3O3. The predicted molar refractivity (Wildman–Crippen MR) is 84.6 cm³/mol. The summed E-state index contributed by atoms with van der Waals surface area (Å²) in [7, 11) is 1.30. The van der Waals surface area contributed by atoms with Gasteiger partial charge in [-0.15, -0.1) is 0 Å². The first kappa shape index (κ1) is 17.1. The van der Waals surface area contributed by atoms with Crippen molar-refractivity contribution in [1.82, 2.24) is 15.1 Å². The van der Waals surface area contributed by atoms with Gasteiger partial charge in [0.2, 0.25) is 5.91 Å². The maximum absolute atomic E-state index is 12.3. The molecule has 0 aliphatic carbocycles. The minimum atomic E-state index is -0.555. The Hall–Kier alpha value is -1.30. The average molecular weight is 311 g/mol. The molecule has 0 spiro atoms. The third-order valence-corrected chi connectivity index (χ3v) is 4.82. The summed E-state index contributed by atoms with van der Waals surface area (Å²) in [5.41, 5.74) is 0. The quantitative estimate of drug-likeness (QED) is 0.860. The van der Waals surface area contributed by atoms with Crippen molar-refractivity contribution < 1.29 is 14.3 Å². The molecule has 0 aromatic carbocycles. The molecule has 2 aliphatic heterocycles. The number of likely N-dealkylation sites (tertiary alicyclic amines) is 2. The fourth-order valence-corrected chi connectivity index (χ4v) is 3.48. The Kier molecular flexibility index (Phi) is 6.49. The minimum absolute atomic E-state index is 0.0142. The van der Waals surface area contributed by atoms with E-state index in [0.717, 1.165) is 25.9 Å². The number of amides is 2. The van der Waals surface area contributed by atoms with Gasteiger partial charge in [0.1, 0.15) is 6.04 Å². The second kappa shape index (κ2) is 8.36. The van der Waals surface area contributed by atoms with Crippen LogP contribution in [0.5, 0.6) is 0 Å². The van der Waals surface area contributed by atoms with Crippen molar-refractivity contribution in [2.24, 2.45) is 0 Å². The first-order valence-electron chi connectivity index (χ1n) is 8.49. The van der Waals surface area contributed by atoms with Crippen LogP contribution in [-0.4, -0.2) is 67.2 Å². The highest BCUT2D eigenvalue weighted by molar-refractivity contribution is 5.85. The van der Waals surface area contributed by atoms with Crippen LogP contribution in [0.25, 0.3) is 0 Å². The lowest BCUT2D eigenvalue weighted by molar-refractivity contribution is -0.134. The number of piperidine rings is 1. The number of carbonyl (C=O) groups is 2. The number of methoxy groups -OCH3 is 1.